The van der Waals surface area contributed by atoms with Crippen LogP contribution in [0.15, 0.2) is 62.8 Å². The Morgan fingerprint density at radius 1 is 1.18 bits per heavy atom. The normalized spacial score (nSPS) is 10.8. The van der Waals surface area contributed by atoms with Crippen molar-refractivity contribution in [2.45, 2.75) is 16.7 Å². The number of carbonyl (C=O) groups excluding carboxylic acids is 1. The van der Waals surface area contributed by atoms with E-state index >= 15 is 0 Å². The monoisotopic (exact) mass is 375 g/mol. The van der Waals surface area contributed by atoms with Gasteiger partial charge in [0.2, 0.25) is 0 Å². The van der Waals surface area contributed by atoms with Gasteiger partial charge in [-0.05, 0) is 37.3 Å². The average Bonchev–Trinajstić information content (AvgIpc) is 2.89. The third-order valence-electron chi connectivity index (χ3n) is 3.17. The Bertz CT molecular complexity index is 811. The fourth-order valence-corrected chi connectivity index (χ4v) is 3.49. The highest BCUT2D eigenvalue weighted by Gasteiger charge is 2.19. The topological polar surface area (TPSA) is 42.1 Å². The first-order chi connectivity index (χ1) is 10.7. The first-order valence-electron chi connectivity index (χ1n) is 6.90. The highest BCUT2D eigenvalue weighted by Crippen LogP contribution is 2.37. The molecule has 2 aromatic carbocycles. The highest BCUT2D eigenvalue weighted by molar-refractivity contribution is 9.10. The van der Waals surface area contributed by atoms with Gasteiger partial charge in [0.05, 0.1) is 11.5 Å². The molecule has 0 fully saturated rings. The molecular formula is C17H14BrNO2S. The summed E-state index contributed by atoms with van der Waals surface area (Å²) in [5.74, 6) is -0.321. The Kier molecular flexibility index (Phi) is 4.55. The lowest BCUT2D eigenvalue weighted by atomic mass is 10.2. The molecule has 1 heterocycles. The molecule has 0 aliphatic rings. The van der Waals surface area contributed by atoms with Gasteiger partial charge in [-0.2, -0.15) is 0 Å². The van der Waals surface area contributed by atoms with Gasteiger partial charge >= 0.3 is 5.97 Å². The van der Waals surface area contributed by atoms with Crippen LogP contribution in [0.4, 0.5) is 0 Å². The van der Waals surface area contributed by atoms with E-state index in [1.807, 2.05) is 55.5 Å². The van der Waals surface area contributed by atoms with E-state index in [4.69, 9.17) is 4.74 Å². The largest absolute Gasteiger partial charge is 0.461 e. The number of aromatic amines is 1. The van der Waals surface area contributed by atoms with Crippen molar-refractivity contribution in [3.63, 3.8) is 0 Å². The van der Waals surface area contributed by atoms with E-state index in [-0.39, 0.29) is 5.97 Å². The van der Waals surface area contributed by atoms with Crippen LogP contribution in [0.3, 0.4) is 0 Å². The summed E-state index contributed by atoms with van der Waals surface area (Å²) in [5, 5.41) is 1.03. The summed E-state index contributed by atoms with van der Waals surface area (Å²) in [4.78, 5) is 17.3. The number of hydrogen-bond acceptors (Lipinski definition) is 3. The molecule has 1 aromatic heterocycles. The molecule has 3 rings (SSSR count). The van der Waals surface area contributed by atoms with Crippen LogP contribution in [0.2, 0.25) is 0 Å². The SMILES string of the molecule is CCOC(=O)c1[nH]c2ccccc2c1Sc1ccc(Br)cc1. The molecule has 3 aromatic rings. The smallest absolute Gasteiger partial charge is 0.355 e. The van der Waals surface area contributed by atoms with Gasteiger partial charge in [-0.1, -0.05) is 45.9 Å². The summed E-state index contributed by atoms with van der Waals surface area (Å²) in [7, 11) is 0. The van der Waals surface area contributed by atoms with Crippen molar-refractivity contribution >= 4 is 44.6 Å². The fraction of sp³-hybridized carbons (Fsp3) is 0.118. The van der Waals surface area contributed by atoms with Gasteiger partial charge in [-0.15, -0.1) is 0 Å². The summed E-state index contributed by atoms with van der Waals surface area (Å²) in [6, 6.07) is 15.9. The summed E-state index contributed by atoms with van der Waals surface area (Å²) in [6.07, 6.45) is 0. The van der Waals surface area contributed by atoms with Crippen LogP contribution < -0.4 is 0 Å². The number of fused-ring (bicyclic) bond motifs is 1. The number of esters is 1. The molecule has 0 spiro atoms. The lowest BCUT2D eigenvalue weighted by Crippen LogP contribution is -2.06. The van der Waals surface area contributed by atoms with Crippen LogP contribution in [0.1, 0.15) is 17.4 Å². The Balaban J connectivity index is 2.07. The van der Waals surface area contributed by atoms with Crippen molar-refractivity contribution in [3.05, 3.63) is 58.7 Å². The number of benzene rings is 2. The maximum atomic E-state index is 12.2. The molecule has 5 heteroatoms. The van der Waals surface area contributed by atoms with Crippen molar-refractivity contribution < 1.29 is 9.53 Å². The summed E-state index contributed by atoms with van der Waals surface area (Å²) in [5.41, 5.74) is 1.45. The van der Waals surface area contributed by atoms with Crippen LogP contribution in [0, 0.1) is 0 Å². The Morgan fingerprint density at radius 3 is 2.64 bits per heavy atom. The van der Waals surface area contributed by atoms with Gasteiger partial charge in [0.15, 0.2) is 0 Å². The molecular weight excluding hydrogens is 362 g/mol. The van der Waals surface area contributed by atoms with E-state index in [1.165, 1.54) is 0 Å². The number of hydrogen-bond donors (Lipinski definition) is 1. The Labute approximate surface area is 141 Å². The molecule has 0 amide bonds. The Hall–Kier alpha value is -1.72. The van der Waals surface area contributed by atoms with Crippen LogP contribution in [-0.2, 0) is 4.74 Å². The van der Waals surface area contributed by atoms with Crippen LogP contribution >= 0.6 is 27.7 Å². The maximum Gasteiger partial charge on any atom is 0.355 e. The van der Waals surface area contributed by atoms with Crippen LogP contribution in [0.5, 0.6) is 0 Å². The summed E-state index contributed by atoms with van der Waals surface area (Å²) < 4.78 is 6.19. The third-order valence-corrected chi connectivity index (χ3v) is 4.84. The second-order valence-electron chi connectivity index (χ2n) is 4.65. The number of halogens is 1. The molecule has 1 N–H and O–H groups in total. The lowest BCUT2D eigenvalue weighted by molar-refractivity contribution is 0.0516. The second-order valence-corrected chi connectivity index (χ2v) is 6.65. The molecule has 0 saturated carbocycles. The minimum Gasteiger partial charge on any atom is -0.461 e. The van der Waals surface area contributed by atoms with Gasteiger partial charge in [0, 0.05) is 20.3 Å². The predicted octanol–water partition coefficient (Wildman–Crippen LogP) is 5.26. The molecule has 0 bridgehead atoms. The first kappa shape index (κ1) is 15.2. The number of carbonyl (C=O) groups is 1. The van der Waals surface area contributed by atoms with E-state index in [0.717, 1.165) is 25.2 Å². The summed E-state index contributed by atoms with van der Waals surface area (Å²) in [6.45, 7) is 2.17. The minimum atomic E-state index is -0.321. The number of aromatic nitrogens is 1. The molecule has 112 valence electrons. The molecule has 0 radical (unpaired) electrons. The van der Waals surface area contributed by atoms with Gasteiger partial charge < -0.3 is 9.72 Å². The van der Waals surface area contributed by atoms with Gasteiger partial charge in [-0.25, -0.2) is 4.79 Å². The number of H-pyrrole nitrogens is 1. The number of para-hydroxylation sites is 1. The van der Waals surface area contributed by atoms with Crippen molar-refractivity contribution in [2.75, 3.05) is 6.61 Å². The number of nitrogens with one attached hydrogen (secondary N) is 1. The average molecular weight is 376 g/mol. The lowest BCUT2D eigenvalue weighted by Gasteiger charge is -2.05. The van der Waals surface area contributed by atoms with Crippen molar-refractivity contribution in [1.82, 2.24) is 4.98 Å². The number of ether oxygens (including phenoxy) is 1. The standard InChI is InChI=1S/C17H14BrNO2S/c1-2-21-17(20)15-16(13-5-3-4-6-14(13)19-15)22-12-9-7-11(18)8-10-12/h3-10,19H,2H2,1H3. The van der Waals surface area contributed by atoms with Crippen molar-refractivity contribution in [3.8, 4) is 0 Å². The van der Waals surface area contributed by atoms with Gasteiger partial charge in [-0.3, -0.25) is 0 Å². The minimum absolute atomic E-state index is 0.321. The van der Waals surface area contributed by atoms with Crippen molar-refractivity contribution in [2.24, 2.45) is 0 Å². The maximum absolute atomic E-state index is 12.2. The van der Waals surface area contributed by atoms with Crippen LogP contribution in [-0.4, -0.2) is 17.6 Å². The van der Waals surface area contributed by atoms with Gasteiger partial charge in [0.1, 0.15) is 5.69 Å². The fourth-order valence-electron chi connectivity index (χ4n) is 2.19. The predicted molar refractivity (Wildman–Crippen MR) is 92.5 cm³/mol. The molecule has 0 aliphatic heterocycles. The summed E-state index contributed by atoms with van der Waals surface area (Å²) >= 11 is 4.99. The quantitative estimate of drug-likeness (QED) is 0.632. The zero-order valence-corrected chi connectivity index (χ0v) is 14.3. The zero-order chi connectivity index (χ0) is 15.5. The van der Waals surface area contributed by atoms with E-state index in [2.05, 4.69) is 20.9 Å². The zero-order valence-electron chi connectivity index (χ0n) is 11.9. The molecule has 0 saturated heterocycles. The highest BCUT2D eigenvalue weighted by atomic mass is 79.9. The Morgan fingerprint density at radius 2 is 1.91 bits per heavy atom. The molecule has 0 aliphatic carbocycles. The van der Waals surface area contributed by atoms with E-state index in [9.17, 15) is 4.79 Å². The third kappa shape index (κ3) is 3.05. The van der Waals surface area contributed by atoms with E-state index in [1.54, 1.807) is 11.8 Å². The molecule has 22 heavy (non-hydrogen) atoms. The van der Waals surface area contributed by atoms with Gasteiger partial charge in [0.25, 0.3) is 0 Å². The van der Waals surface area contributed by atoms with E-state index in [0.29, 0.717) is 12.3 Å². The van der Waals surface area contributed by atoms with Crippen molar-refractivity contribution in [1.29, 1.82) is 0 Å². The number of rotatable bonds is 4. The van der Waals surface area contributed by atoms with E-state index < -0.39 is 0 Å². The molecule has 0 atom stereocenters. The first-order valence-corrected chi connectivity index (χ1v) is 8.51. The second kappa shape index (κ2) is 6.58. The molecule has 3 nitrogen and oxygen atoms in total. The molecule has 0 unspecified atom stereocenters. The van der Waals surface area contributed by atoms with Crippen LogP contribution in [0.25, 0.3) is 10.9 Å².